The van der Waals surface area contributed by atoms with E-state index in [1.165, 1.54) is 24.4 Å². The molecule has 8 heteroatoms. The molecule has 36 heavy (non-hydrogen) atoms. The molecule has 0 saturated carbocycles. The second kappa shape index (κ2) is 8.92. The molecule has 1 unspecified atom stereocenters. The average molecular weight is 493 g/mol. The fourth-order valence-electron chi connectivity index (χ4n) is 5.18. The van der Waals surface area contributed by atoms with Gasteiger partial charge in [0.15, 0.2) is 5.82 Å². The predicted molar refractivity (Wildman–Crippen MR) is 137 cm³/mol. The van der Waals surface area contributed by atoms with E-state index in [1.807, 2.05) is 25.7 Å². The summed E-state index contributed by atoms with van der Waals surface area (Å²) in [6, 6.07) is 5.89. The van der Waals surface area contributed by atoms with Gasteiger partial charge in [0.2, 0.25) is 0 Å². The number of hydrogen-bond donors (Lipinski definition) is 2. The fourth-order valence-corrected chi connectivity index (χ4v) is 5.18. The number of benzene rings is 2. The molecule has 0 bridgehead atoms. The highest BCUT2D eigenvalue weighted by molar-refractivity contribution is 6.01. The lowest BCUT2D eigenvalue weighted by Crippen LogP contribution is -2.46. The van der Waals surface area contributed by atoms with Crippen molar-refractivity contribution in [3.05, 3.63) is 53.5 Å². The maximum Gasteiger partial charge on any atom is 0.175 e. The first-order valence-corrected chi connectivity index (χ1v) is 12.4. The monoisotopic (exact) mass is 492 g/mol. The van der Waals surface area contributed by atoms with Crippen molar-refractivity contribution in [2.45, 2.75) is 58.5 Å². The van der Waals surface area contributed by atoms with E-state index in [-0.39, 0.29) is 28.7 Å². The molecule has 188 valence electrons. The van der Waals surface area contributed by atoms with Gasteiger partial charge in [-0.2, -0.15) is 0 Å². The molecule has 0 aliphatic carbocycles. The van der Waals surface area contributed by atoms with Crippen LogP contribution in [0.2, 0.25) is 0 Å². The van der Waals surface area contributed by atoms with Gasteiger partial charge in [0.1, 0.15) is 34.4 Å². The van der Waals surface area contributed by atoms with Crippen LogP contribution in [0.25, 0.3) is 32.9 Å². The fraction of sp³-hybridized carbons (Fsp3) is 0.393. The number of piperidine rings is 1. The van der Waals surface area contributed by atoms with E-state index in [0.717, 1.165) is 6.42 Å². The van der Waals surface area contributed by atoms with E-state index in [9.17, 15) is 14.6 Å². The maximum atomic E-state index is 16.3. The van der Waals surface area contributed by atoms with Crippen molar-refractivity contribution >= 4 is 27.5 Å². The first-order chi connectivity index (χ1) is 17.1. The van der Waals surface area contributed by atoms with E-state index in [2.05, 4.69) is 9.97 Å². The Morgan fingerprint density at radius 3 is 2.64 bits per heavy atom. The molecular weight excluding hydrogens is 462 g/mol. The van der Waals surface area contributed by atoms with Crippen LogP contribution >= 0.6 is 0 Å². The van der Waals surface area contributed by atoms with Crippen LogP contribution in [0.1, 0.15) is 57.8 Å². The Balaban J connectivity index is 1.79. The Morgan fingerprint density at radius 1 is 1.17 bits per heavy atom. The smallest absolute Gasteiger partial charge is 0.175 e. The maximum absolute atomic E-state index is 16.3. The van der Waals surface area contributed by atoms with Gasteiger partial charge in [0, 0.05) is 30.8 Å². The van der Waals surface area contributed by atoms with Crippen LogP contribution in [-0.4, -0.2) is 43.9 Å². The molecular formula is C28H30F2N4O2. The van der Waals surface area contributed by atoms with Crippen LogP contribution in [0.4, 0.5) is 14.6 Å². The normalized spacial score (nSPS) is 18.5. The molecule has 1 atom stereocenters. The number of rotatable bonds is 4. The Hall–Kier alpha value is -3.39. The number of aliphatic hydroxyl groups is 1. The highest BCUT2D eigenvalue weighted by Gasteiger charge is 2.31. The molecule has 0 amide bonds. The Bertz CT molecular complexity index is 1490. The lowest BCUT2D eigenvalue weighted by Gasteiger charge is -2.38. The molecule has 2 N–H and O–H groups in total. The molecule has 1 fully saturated rings. The molecule has 1 aliphatic heterocycles. The van der Waals surface area contributed by atoms with E-state index < -0.39 is 11.4 Å². The van der Waals surface area contributed by atoms with E-state index in [1.54, 1.807) is 13.0 Å². The molecule has 3 heterocycles. The molecule has 2 aromatic heterocycles. The summed E-state index contributed by atoms with van der Waals surface area (Å²) in [4.78, 5) is 15.7. The standard InChI is InChI=1S/C28H30F2N4O2/c1-5-18-21(29)8-7-16-11-17(35)12-19(22(16)18)24-23(30)25-20(13-31-24)27(33-26(32-25)15(2)3)34-10-6-9-28(4,36)14-34/h7-8,11-13,15,35-36H,5-6,9-10,14H2,1-4H3. The summed E-state index contributed by atoms with van der Waals surface area (Å²) < 4.78 is 31.0. The predicted octanol–water partition coefficient (Wildman–Crippen LogP) is 5.87. The number of fused-ring (bicyclic) bond motifs is 2. The first-order valence-electron chi connectivity index (χ1n) is 12.4. The van der Waals surface area contributed by atoms with Gasteiger partial charge < -0.3 is 15.1 Å². The summed E-state index contributed by atoms with van der Waals surface area (Å²) in [5.74, 6) is -0.129. The van der Waals surface area contributed by atoms with Gasteiger partial charge in [-0.1, -0.05) is 26.8 Å². The minimum atomic E-state index is -0.874. The SMILES string of the molecule is CCc1c(F)ccc2cc(O)cc(-c3ncc4c(N5CCCC(C)(O)C5)nc(C(C)C)nc4c3F)c12. The third kappa shape index (κ3) is 4.13. The zero-order chi connectivity index (χ0) is 25.8. The van der Waals surface area contributed by atoms with Gasteiger partial charge in [-0.05, 0) is 60.7 Å². The van der Waals surface area contributed by atoms with Gasteiger partial charge in [-0.3, -0.25) is 4.98 Å². The van der Waals surface area contributed by atoms with Crippen molar-refractivity contribution in [2.24, 2.45) is 0 Å². The summed E-state index contributed by atoms with van der Waals surface area (Å²) in [7, 11) is 0. The number of halogens is 2. The summed E-state index contributed by atoms with van der Waals surface area (Å²) >= 11 is 0. The van der Waals surface area contributed by atoms with Crippen LogP contribution in [0.5, 0.6) is 5.75 Å². The van der Waals surface area contributed by atoms with Crippen LogP contribution < -0.4 is 4.90 Å². The molecule has 2 aromatic carbocycles. The second-order valence-corrected chi connectivity index (χ2v) is 10.2. The second-order valence-electron chi connectivity index (χ2n) is 10.2. The van der Waals surface area contributed by atoms with E-state index in [0.29, 0.717) is 64.9 Å². The highest BCUT2D eigenvalue weighted by Crippen LogP contribution is 2.39. The number of β-amino-alcohol motifs (C(OH)–C–C–N with tert-alkyl or cyclic N) is 1. The average Bonchev–Trinajstić information content (AvgIpc) is 2.83. The Morgan fingerprint density at radius 2 is 1.94 bits per heavy atom. The molecule has 1 saturated heterocycles. The van der Waals surface area contributed by atoms with Crippen LogP contribution in [0.3, 0.4) is 0 Å². The van der Waals surface area contributed by atoms with Crippen molar-refractivity contribution in [2.75, 3.05) is 18.0 Å². The number of aryl methyl sites for hydroxylation is 1. The van der Waals surface area contributed by atoms with Crippen LogP contribution in [0.15, 0.2) is 30.5 Å². The lowest BCUT2D eigenvalue weighted by molar-refractivity contribution is 0.0447. The zero-order valence-corrected chi connectivity index (χ0v) is 20.9. The molecule has 5 rings (SSSR count). The Labute approximate surface area is 208 Å². The number of nitrogens with zero attached hydrogens (tertiary/aromatic N) is 4. The third-order valence-electron chi connectivity index (χ3n) is 6.93. The van der Waals surface area contributed by atoms with Gasteiger partial charge in [-0.25, -0.2) is 18.7 Å². The van der Waals surface area contributed by atoms with Gasteiger partial charge in [0.05, 0.1) is 11.0 Å². The van der Waals surface area contributed by atoms with Gasteiger partial charge in [-0.15, -0.1) is 0 Å². The van der Waals surface area contributed by atoms with Crippen molar-refractivity contribution in [3.8, 4) is 17.0 Å². The number of aromatic hydroxyl groups is 1. The van der Waals surface area contributed by atoms with Crippen LogP contribution in [-0.2, 0) is 6.42 Å². The van der Waals surface area contributed by atoms with Crippen molar-refractivity contribution in [1.29, 1.82) is 0 Å². The molecule has 0 spiro atoms. The quantitative estimate of drug-likeness (QED) is 0.371. The number of hydrogen-bond acceptors (Lipinski definition) is 6. The number of pyridine rings is 1. The lowest BCUT2D eigenvalue weighted by atomic mass is 9.94. The largest absolute Gasteiger partial charge is 0.508 e. The summed E-state index contributed by atoms with van der Waals surface area (Å²) in [5, 5.41) is 22.6. The third-order valence-corrected chi connectivity index (χ3v) is 6.93. The number of anilines is 1. The number of phenolic OH excluding ortho intramolecular Hbond substituents is 1. The Kier molecular flexibility index (Phi) is 6.03. The van der Waals surface area contributed by atoms with E-state index >= 15 is 4.39 Å². The number of aromatic nitrogens is 3. The van der Waals surface area contributed by atoms with Crippen molar-refractivity contribution < 1.29 is 19.0 Å². The van der Waals surface area contributed by atoms with Gasteiger partial charge in [0.25, 0.3) is 0 Å². The van der Waals surface area contributed by atoms with Crippen LogP contribution in [0, 0.1) is 11.6 Å². The molecule has 4 aromatic rings. The topological polar surface area (TPSA) is 82.4 Å². The molecule has 6 nitrogen and oxygen atoms in total. The first kappa shape index (κ1) is 24.3. The summed E-state index contributed by atoms with van der Waals surface area (Å²) in [6.45, 7) is 8.56. The molecule has 0 radical (unpaired) electrons. The zero-order valence-electron chi connectivity index (χ0n) is 20.9. The minimum Gasteiger partial charge on any atom is -0.508 e. The van der Waals surface area contributed by atoms with E-state index in [4.69, 9.17) is 4.98 Å². The number of phenols is 1. The summed E-state index contributed by atoms with van der Waals surface area (Å²) in [6.07, 6.45) is 3.40. The molecule has 1 aliphatic rings. The summed E-state index contributed by atoms with van der Waals surface area (Å²) in [5.41, 5.74) is -0.0161. The van der Waals surface area contributed by atoms with Crippen molar-refractivity contribution in [3.63, 3.8) is 0 Å². The minimum absolute atomic E-state index is 0.00584. The van der Waals surface area contributed by atoms with Gasteiger partial charge >= 0.3 is 0 Å². The van der Waals surface area contributed by atoms with Crippen molar-refractivity contribution in [1.82, 2.24) is 15.0 Å². The highest BCUT2D eigenvalue weighted by atomic mass is 19.1.